The minimum absolute atomic E-state index is 0.935. The Morgan fingerprint density at radius 2 is 1.13 bits per heavy atom. The van der Waals surface area contributed by atoms with E-state index in [1.54, 1.807) is 0 Å². The Morgan fingerprint density at radius 1 is 0.426 bits per heavy atom. The number of hydrogen-bond donors (Lipinski definition) is 0. The van der Waals surface area contributed by atoms with E-state index in [1.807, 2.05) is 11.3 Å². The van der Waals surface area contributed by atoms with Gasteiger partial charge in [0, 0.05) is 47.9 Å². The number of para-hydroxylation sites is 3. The summed E-state index contributed by atoms with van der Waals surface area (Å²) in [4.78, 5) is 5.12. The minimum Gasteiger partial charge on any atom is -0.309 e. The monoisotopic (exact) mass is 617 g/mol. The predicted molar refractivity (Wildman–Crippen MR) is 199 cm³/mol. The standard InChI is InChI=1S/C43H27N3S/c1-3-11-28(12-4-1)30-21-25-37-35(27-30)33-24-26-40-41(34-15-7-10-18-39(34)47-40)42(33)45(37)32-22-19-29(20-23-32)43-44-36-16-8-9-17-38(36)46(43)31-13-5-2-6-14-31/h1-27H. The lowest BCUT2D eigenvalue weighted by Gasteiger charge is -2.12. The summed E-state index contributed by atoms with van der Waals surface area (Å²) in [6.07, 6.45) is 0. The van der Waals surface area contributed by atoms with Gasteiger partial charge in [-0.25, -0.2) is 4.98 Å². The molecule has 0 atom stereocenters. The van der Waals surface area contributed by atoms with Gasteiger partial charge in [0.15, 0.2) is 0 Å². The molecule has 4 heteroatoms. The first-order valence-corrected chi connectivity index (χ1v) is 16.7. The average molecular weight is 618 g/mol. The number of benzene rings is 7. The fraction of sp³-hybridized carbons (Fsp3) is 0. The number of thiophene rings is 1. The molecule has 0 N–H and O–H groups in total. The molecule has 10 aromatic rings. The molecule has 220 valence electrons. The molecule has 0 amide bonds. The number of nitrogens with zero attached hydrogens (tertiary/aromatic N) is 3. The fourth-order valence-corrected chi connectivity index (χ4v) is 8.32. The lowest BCUT2D eigenvalue weighted by Crippen LogP contribution is -1.98. The zero-order valence-electron chi connectivity index (χ0n) is 25.3. The first-order valence-electron chi connectivity index (χ1n) is 15.9. The Bertz CT molecular complexity index is 2770. The largest absolute Gasteiger partial charge is 0.309 e. The lowest BCUT2D eigenvalue weighted by molar-refractivity contribution is 1.10. The van der Waals surface area contributed by atoms with Crippen molar-refractivity contribution in [3.8, 4) is 33.9 Å². The Kier molecular flexibility index (Phi) is 5.74. The first-order chi connectivity index (χ1) is 23.3. The van der Waals surface area contributed by atoms with Crippen molar-refractivity contribution in [3.63, 3.8) is 0 Å². The Hall–Kier alpha value is -5.97. The summed E-state index contributed by atoms with van der Waals surface area (Å²) >= 11 is 1.87. The van der Waals surface area contributed by atoms with Crippen molar-refractivity contribution in [1.29, 1.82) is 0 Å². The highest BCUT2D eigenvalue weighted by molar-refractivity contribution is 7.26. The molecule has 7 aromatic carbocycles. The van der Waals surface area contributed by atoms with Crippen LogP contribution in [0.2, 0.25) is 0 Å². The smallest absolute Gasteiger partial charge is 0.145 e. The van der Waals surface area contributed by atoms with Gasteiger partial charge in [-0.05, 0) is 83.9 Å². The van der Waals surface area contributed by atoms with E-state index < -0.39 is 0 Å². The van der Waals surface area contributed by atoms with Crippen molar-refractivity contribution < 1.29 is 0 Å². The van der Waals surface area contributed by atoms with E-state index in [9.17, 15) is 0 Å². The van der Waals surface area contributed by atoms with E-state index in [4.69, 9.17) is 4.98 Å². The maximum absolute atomic E-state index is 5.12. The van der Waals surface area contributed by atoms with Crippen LogP contribution in [0.15, 0.2) is 164 Å². The topological polar surface area (TPSA) is 22.8 Å². The third-order valence-electron chi connectivity index (χ3n) is 9.33. The van der Waals surface area contributed by atoms with Crippen molar-refractivity contribution in [3.05, 3.63) is 164 Å². The second-order valence-electron chi connectivity index (χ2n) is 12.0. The second-order valence-corrected chi connectivity index (χ2v) is 13.1. The molecule has 0 fully saturated rings. The maximum Gasteiger partial charge on any atom is 0.145 e. The van der Waals surface area contributed by atoms with E-state index >= 15 is 0 Å². The molecule has 0 unspecified atom stereocenters. The van der Waals surface area contributed by atoms with E-state index in [1.165, 1.54) is 53.1 Å². The second kappa shape index (κ2) is 10.3. The summed E-state index contributed by atoms with van der Waals surface area (Å²) in [6.45, 7) is 0. The van der Waals surface area contributed by atoms with Gasteiger partial charge in [-0.1, -0.05) is 91.0 Å². The highest BCUT2D eigenvalue weighted by Crippen LogP contribution is 2.44. The van der Waals surface area contributed by atoms with Gasteiger partial charge in [0.25, 0.3) is 0 Å². The van der Waals surface area contributed by atoms with Crippen LogP contribution in [0.4, 0.5) is 0 Å². The lowest BCUT2D eigenvalue weighted by atomic mass is 10.0. The quantitative estimate of drug-likeness (QED) is 0.193. The summed E-state index contributed by atoms with van der Waals surface area (Å²) < 4.78 is 7.34. The average Bonchev–Trinajstić information content (AvgIpc) is 3.82. The molecule has 3 heterocycles. The fourth-order valence-electron chi connectivity index (χ4n) is 7.21. The Morgan fingerprint density at radius 3 is 1.98 bits per heavy atom. The molecular formula is C43H27N3S. The summed E-state index contributed by atoms with van der Waals surface area (Å²) in [7, 11) is 0. The molecular weight excluding hydrogens is 591 g/mol. The summed E-state index contributed by atoms with van der Waals surface area (Å²) in [5.74, 6) is 0.935. The maximum atomic E-state index is 5.12. The third-order valence-corrected chi connectivity index (χ3v) is 10.5. The molecule has 0 bridgehead atoms. The molecule has 3 nitrogen and oxygen atoms in total. The molecule has 0 saturated carbocycles. The number of aromatic nitrogens is 3. The number of rotatable bonds is 4. The predicted octanol–water partition coefficient (Wildman–Crippen LogP) is 11.8. The van der Waals surface area contributed by atoms with Gasteiger partial charge < -0.3 is 4.57 Å². The highest BCUT2D eigenvalue weighted by Gasteiger charge is 2.20. The molecule has 47 heavy (non-hydrogen) atoms. The van der Waals surface area contributed by atoms with Crippen molar-refractivity contribution in [2.24, 2.45) is 0 Å². The number of imidazole rings is 1. The van der Waals surface area contributed by atoms with Crippen LogP contribution in [-0.2, 0) is 0 Å². The van der Waals surface area contributed by atoms with Gasteiger partial charge in [-0.2, -0.15) is 0 Å². The molecule has 0 saturated heterocycles. The molecule has 0 aliphatic carbocycles. The zero-order chi connectivity index (χ0) is 30.9. The Labute approximate surface area is 275 Å². The molecule has 0 radical (unpaired) electrons. The number of hydrogen-bond acceptors (Lipinski definition) is 2. The van der Waals surface area contributed by atoms with Gasteiger partial charge in [0.1, 0.15) is 5.82 Å². The van der Waals surface area contributed by atoms with Gasteiger partial charge in [-0.3, -0.25) is 4.57 Å². The normalized spacial score (nSPS) is 11.8. The van der Waals surface area contributed by atoms with Crippen LogP contribution in [0.25, 0.3) is 86.9 Å². The van der Waals surface area contributed by atoms with Gasteiger partial charge >= 0.3 is 0 Å². The molecule has 3 aromatic heterocycles. The molecule has 0 aliphatic rings. The van der Waals surface area contributed by atoms with Gasteiger partial charge in [0.2, 0.25) is 0 Å². The summed E-state index contributed by atoms with van der Waals surface area (Å²) in [6, 6.07) is 58.8. The summed E-state index contributed by atoms with van der Waals surface area (Å²) in [5.41, 5.74) is 10.3. The SMILES string of the molecule is c1ccc(-c2ccc3c(c2)c2ccc4sc5ccccc5c4c2n3-c2ccc(-c3nc4ccccc4n3-c3ccccc3)cc2)cc1. The van der Waals surface area contributed by atoms with Gasteiger partial charge in [0.05, 0.1) is 22.1 Å². The summed E-state index contributed by atoms with van der Waals surface area (Å²) in [5, 5.41) is 5.14. The van der Waals surface area contributed by atoms with E-state index in [2.05, 4.69) is 173 Å². The van der Waals surface area contributed by atoms with Crippen LogP contribution in [0.3, 0.4) is 0 Å². The van der Waals surface area contributed by atoms with Gasteiger partial charge in [-0.15, -0.1) is 11.3 Å². The first kappa shape index (κ1) is 26.3. The van der Waals surface area contributed by atoms with Crippen LogP contribution >= 0.6 is 11.3 Å². The Balaban J connectivity index is 1.23. The highest BCUT2D eigenvalue weighted by atomic mass is 32.1. The minimum atomic E-state index is 0.935. The van der Waals surface area contributed by atoms with Crippen molar-refractivity contribution in [2.75, 3.05) is 0 Å². The molecule has 10 rings (SSSR count). The van der Waals surface area contributed by atoms with E-state index in [0.29, 0.717) is 0 Å². The third kappa shape index (κ3) is 4.02. The van der Waals surface area contributed by atoms with Crippen molar-refractivity contribution in [1.82, 2.24) is 14.1 Å². The van der Waals surface area contributed by atoms with Crippen molar-refractivity contribution >= 4 is 64.3 Å². The molecule has 0 aliphatic heterocycles. The van der Waals surface area contributed by atoms with Crippen molar-refractivity contribution in [2.45, 2.75) is 0 Å². The molecule has 0 spiro atoms. The van der Waals surface area contributed by atoms with Crippen LogP contribution < -0.4 is 0 Å². The van der Waals surface area contributed by atoms with Crippen LogP contribution in [0, 0.1) is 0 Å². The van der Waals surface area contributed by atoms with Crippen LogP contribution in [-0.4, -0.2) is 14.1 Å². The van der Waals surface area contributed by atoms with Crippen LogP contribution in [0.5, 0.6) is 0 Å². The number of fused-ring (bicyclic) bond motifs is 8. The zero-order valence-corrected chi connectivity index (χ0v) is 26.2. The van der Waals surface area contributed by atoms with E-state index in [-0.39, 0.29) is 0 Å². The van der Waals surface area contributed by atoms with Crippen LogP contribution in [0.1, 0.15) is 0 Å². The van der Waals surface area contributed by atoms with E-state index in [0.717, 1.165) is 33.8 Å².